The van der Waals surface area contributed by atoms with Crippen LogP contribution in [0.15, 0.2) is 53.5 Å². The predicted octanol–water partition coefficient (Wildman–Crippen LogP) is 3.11. The van der Waals surface area contributed by atoms with E-state index < -0.39 is 0 Å². The normalized spacial score (nSPS) is 17.6. The molecule has 1 saturated heterocycles. The average Bonchev–Trinajstić information content (AvgIpc) is 3.20. The Hall–Kier alpha value is -2.53. The third-order valence-electron chi connectivity index (χ3n) is 5.78. The van der Waals surface area contributed by atoms with Gasteiger partial charge in [-0.25, -0.2) is 0 Å². The lowest BCUT2D eigenvalue weighted by atomic mass is 10.1. The van der Waals surface area contributed by atoms with Crippen LogP contribution in [0.5, 0.6) is 0 Å². The number of benzene rings is 2. The maximum absolute atomic E-state index is 6.07. The molecule has 5 heteroatoms. The van der Waals surface area contributed by atoms with Crippen LogP contribution < -0.4 is 16.0 Å². The molecule has 5 nitrogen and oxygen atoms in total. The van der Waals surface area contributed by atoms with E-state index in [4.69, 9.17) is 5.73 Å². The summed E-state index contributed by atoms with van der Waals surface area (Å²) in [5, 5.41) is 3.24. The number of guanidine groups is 1. The van der Waals surface area contributed by atoms with E-state index in [0.717, 1.165) is 51.4 Å². The zero-order valence-corrected chi connectivity index (χ0v) is 16.6. The molecule has 0 radical (unpaired) electrons. The highest BCUT2D eigenvalue weighted by atomic mass is 15.3. The van der Waals surface area contributed by atoms with Gasteiger partial charge in [-0.05, 0) is 61.1 Å². The Kier molecular flexibility index (Phi) is 6.12. The molecule has 2 aromatic carbocycles. The van der Waals surface area contributed by atoms with Gasteiger partial charge in [0.1, 0.15) is 0 Å². The van der Waals surface area contributed by atoms with Crippen LogP contribution in [0.4, 0.5) is 11.4 Å². The number of nitrogens with zero attached hydrogens (tertiary/aromatic N) is 3. The number of hydrogen-bond acceptors (Lipinski definition) is 3. The first-order valence-corrected chi connectivity index (χ1v) is 10.5. The van der Waals surface area contributed by atoms with E-state index in [2.05, 4.69) is 68.6 Å². The van der Waals surface area contributed by atoms with Crippen molar-refractivity contribution in [1.82, 2.24) is 4.90 Å². The molecule has 1 aliphatic heterocycles. The lowest BCUT2D eigenvalue weighted by Gasteiger charge is -2.36. The smallest absolute Gasteiger partial charge is 0.193 e. The van der Waals surface area contributed by atoms with Gasteiger partial charge >= 0.3 is 0 Å². The van der Waals surface area contributed by atoms with Crippen molar-refractivity contribution in [2.75, 3.05) is 49.5 Å². The standard InChI is InChI=1S/C23H31N5/c24-23(26-21-11-10-19-6-4-7-20(19)18-21)25-12-5-13-27-14-16-28(17-15-27)22-8-2-1-3-9-22/h1-3,8-11,18H,4-7,12-17H2,(H3,24,25,26). The summed E-state index contributed by atoms with van der Waals surface area (Å²) in [6, 6.07) is 17.2. The van der Waals surface area contributed by atoms with Gasteiger partial charge in [0.15, 0.2) is 5.96 Å². The van der Waals surface area contributed by atoms with E-state index in [9.17, 15) is 0 Å². The first kappa shape index (κ1) is 18.8. The van der Waals surface area contributed by atoms with Crippen molar-refractivity contribution in [1.29, 1.82) is 0 Å². The molecule has 4 rings (SSSR count). The van der Waals surface area contributed by atoms with Crippen LogP contribution >= 0.6 is 0 Å². The first-order chi connectivity index (χ1) is 13.8. The van der Waals surface area contributed by atoms with Crippen molar-refractivity contribution in [2.45, 2.75) is 25.7 Å². The maximum atomic E-state index is 6.07. The van der Waals surface area contributed by atoms with Crippen LogP contribution in [0.1, 0.15) is 24.0 Å². The largest absolute Gasteiger partial charge is 0.370 e. The number of nitrogens with two attached hydrogens (primary N) is 1. The van der Waals surface area contributed by atoms with Crippen molar-refractivity contribution in [3.8, 4) is 0 Å². The van der Waals surface area contributed by atoms with Crippen LogP contribution in [0.2, 0.25) is 0 Å². The number of fused-ring (bicyclic) bond motifs is 1. The Morgan fingerprint density at radius 2 is 1.75 bits per heavy atom. The van der Waals surface area contributed by atoms with Crippen LogP contribution in [0.3, 0.4) is 0 Å². The number of aliphatic imine (C=N–C) groups is 1. The highest BCUT2D eigenvalue weighted by molar-refractivity contribution is 5.92. The van der Waals surface area contributed by atoms with Gasteiger partial charge in [0.05, 0.1) is 0 Å². The monoisotopic (exact) mass is 377 g/mol. The lowest BCUT2D eigenvalue weighted by Crippen LogP contribution is -2.46. The Morgan fingerprint density at radius 1 is 0.964 bits per heavy atom. The fraction of sp³-hybridized carbons (Fsp3) is 0.435. The van der Waals surface area contributed by atoms with Gasteiger partial charge in [-0.1, -0.05) is 24.3 Å². The van der Waals surface area contributed by atoms with E-state index in [1.165, 1.54) is 36.1 Å². The number of nitrogens with one attached hydrogen (secondary N) is 1. The van der Waals surface area contributed by atoms with Crippen molar-refractivity contribution in [3.63, 3.8) is 0 Å². The molecule has 1 heterocycles. The first-order valence-electron chi connectivity index (χ1n) is 10.5. The molecular formula is C23H31N5. The van der Waals surface area contributed by atoms with Gasteiger partial charge in [0, 0.05) is 50.6 Å². The van der Waals surface area contributed by atoms with E-state index in [-0.39, 0.29) is 0 Å². The molecule has 2 aromatic rings. The minimum Gasteiger partial charge on any atom is -0.370 e. The topological polar surface area (TPSA) is 56.9 Å². The minimum atomic E-state index is 0.520. The summed E-state index contributed by atoms with van der Waals surface area (Å²) in [7, 11) is 0. The number of rotatable bonds is 6. The van der Waals surface area contributed by atoms with Gasteiger partial charge in [0.2, 0.25) is 0 Å². The molecule has 0 aromatic heterocycles. The summed E-state index contributed by atoms with van der Waals surface area (Å²) >= 11 is 0. The summed E-state index contributed by atoms with van der Waals surface area (Å²) in [6.07, 6.45) is 4.69. The number of aryl methyl sites for hydroxylation is 2. The zero-order valence-electron chi connectivity index (χ0n) is 16.6. The Morgan fingerprint density at radius 3 is 2.57 bits per heavy atom. The Bertz CT molecular complexity index is 794. The van der Waals surface area contributed by atoms with Crippen LogP contribution in [-0.4, -0.2) is 50.1 Å². The number of hydrogen-bond donors (Lipinski definition) is 2. The van der Waals surface area contributed by atoms with E-state index >= 15 is 0 Å². The second kappa shape index (κ2) is 9.11. The number of piperazine rings is 1. The van der Waals surface area contributed by atoms with Crippen molar-refractivity contribution < 1.29 is 0 Å². The van der Waals surface area contributed by atoms with Gasteiger partial charge in [-0.15, -0.1) is 0 Å². The van der Waals surface area contributed by atoms with Gasteiger partial charge in [-0.2, -0.15) is 0 Å². The van der Waals surface area contributed by atoms with Crippen molar-refractivity contribution >= 4 is 17.3 Å². The molecule has 0 atom stereocenters. The predicted molar refractivity (Wildman–Crippen MR) is 118 cm³/mol. The number of anilines is 2. The van der Waals surface area contributed by atoms with Crippen LogP contribution in [0.25, 0.3) is 0 Å². The molecule has 0 bridgehead atoms. The molecule has 0 saturated carbocycles. The molecule has 3 N–H and O–H groups in total. The van der Waals surface area contributed by atoms with E-state index in [0.29, 0.717) is 5.96 Å². The average molecular weight is 378 g/mol. The molecule has 2 aliphatic rings. The molecule has 0 amide bonds. The minimum absolute atomic E-state index is 0.520. The summed E-state index contributed by atoms with van der Waals surface area (Å²) in [6.45, 7) is 6.26. The molecule has 0 spiro atoms. The van der Waals surface area contributed by atoms with Gasteiger partial charge < -0.3 is 16.0 Å². The molecule has 28 heavy (non-hydrogen) atoms. The fourth-order valence-corrected chi connectivity index (χ4v) is 4.20. The highest BCUT2D eigenvalue weighted by Gasteiger charge is 2.16. The maximum Gasteiger partial charge on any atom is 0.193 e. The third kappa shape index (κ3) is 4.84. The summed E-state index contributed by atoms with van der Waals surface area (Å²) in [4.78, 5) is 9.50. The van der Waals surface area contributed by atoms with Crippen molar-refractivity contribution in [3.05, 3.63) is 59.7 Å². The van der Waals surface area contributed by atoms with E-state index in [1.54, 1.807) is 0 Å². The Labute approximate surface area is 168 Å². The fourth-order valence-electron chi connectivity index (χ4n) is 4.20. The number of para-hydroxylation sites is 1. The van der Waals surface area contributed by atoms with Crippen LogP contribution in [0, 0.1) is 0 Å². The molecule has 1 aliphatic carbocycles. The summed E-state index contributed by atoms with van der Waals surface area (Å²) in [5.41, 5.74) is 11.4. The summed E-state index contributed by atoms with van der Waals surface area (Å²) < 4.78 is 0. The van der Waals surface area contributed by atoms with Crippen molar-refractivity contribution in [2.24, 2.45) is 10.7 Å². The Balaban J connectivity index is 1.16. The quantitative estimate of drug-likeness (QED) is 0.461. The highest BCUT2D eigenvalue weighted by Crippen LogP contribution is 2.24. The second-order valence-electron chi connectivity index (χ2n) is 7.75. The molecule has 148 valence electrons. The zero-order chi connectivity index (χ0) is 19.2. The van der Waals surface area contributed by atoms with Gasteiger partial charge in [0.25, 0.3) is 0 Å². The lowest BCUT2D eigenvalue weighted by molar-refractivity contribution is 0.256. The third-order valence-corrected chi connectivity index (χ3v) is 5.78. The van der Waals surface area contributed by atoms with Gasteiger partial charge in [-0.3, -0.25) is 9.89 Å². The van der Waals surface area contributed by atoms with E-state index in [1.807, 2.05) is 0 Å². The molecular weight excluding hydrogens is 346 g/mol. The van der Waals surface area contributed by atoms with Crippen LogP contribution in [-0.2, 0) is 12.8 Å². The summed E-state index contributed by atoms with van der Waals surface area (Å²) in [5.74, 6) is 0.520. The molecule has 0 unspecified atom stereocenters. The second-order valence-corrected chi connectivity index (χ2v) is 7.75. The SMILES string of the molecule is NC(=NCCCN1CCN(c2ccccc2)CC1)Nc1ccc2c(c1)CCC2. The molecule has 1 fully saturated rings.